The minimum atomic E-state index is -4.52. The van der Waals surface area contributed by atoms with Gasteiger partial charge < -0.3 is 10.6 Å². The summed E-state index contributed by atoms with van der Waals surface area (Å²) in [5.41, 5.74) is -1.42. The van der Waals surface area contributed by atoms with E-state index in [-0.39, 0.29) is 28.4 Å². The molecule has 1 fully saturated rings. The summed E-state index contributed by atoms with van der Waals surface area (Å²) in [6, 6.07) is 2.78. The lowest BCUT2D eigenvalue weighted by Crippen LogP contribution is -2.54. The maximum Gasteiger partial charge on any atom is 0.416 e. The fraction of sp³-hybridized carbons (Fsp3) is 0.500. The van der Waals surface area contributed by atoms with Crippen LogP contribution < -0.4 is 16.0 Å². The van der Waals surface area contributed by atoms with Crippen molar-refractivity contribution in [2.24, 2.45) is 0 Å². The molecule has 2 unspecified atom stereocenters. The Morgan fingerprint density at radius 1 is 1.42 bits per heavy atom. The minimum Gasteiger partial charge on any atom is -0.332 e. The lowest BCUT2D eigenvalue weighted by Gasteiger charge is -2.30. The molecule has 144 valence electrons. The van der Waals surface area contributed by atoms with Gasteiger partial charge in [-0.15, -0.1) is 11.8 Å². The number of halogens is 4. The molecular weight excluding hydrogens is 391 g/mol. The van der Waals surface area contributed by atoms with E-state index in [9.17, 15) is 22.8 Å². The largest absolute Gasteiger partial charge is 0.416 e. The molecule has 0 saturated carbocycles. The molecule has 10 heteroatoms. The first-order chi connectivity index (χ1) is 12.2. The van der Waals surface area contributed by atoms with E-state index in [1.54, 1.807) is 0 Å². The van der Waals surface area contributed by atoms with E-state index in [1.807, 2.05) is 6.92 Å². The van der Waals surface area contributed by atoms with E-state index in [0.29, 0.717) is 6.42 Å². The van der Waals surface area contributed by atoms with Crippen LogP contribution in [0.2, 0.25) is 5.02 Å². The van der Waals surface area contributed by atoms with Crippen LogP contribution in [-0.4, -0.2) is 29.1 Å². The molecule has 26 heavy (non-hydrogen) atoms. The molecule has 1 aliphatic rings. The normalized spacial score (nSPS) is 20.6. The van der Waals surface area contributed by atoms with Crippen LogP contribution >= 0.6 is 23.4 Å². The van der Waals surface area contributed by atoms with Crippen LogP contribution in [0.3, 0.4) is 0 Å². The summed E-state index contributed by atoms with van der Waals surface area (Å²) >= 11 is 7.01. The van der Waals surface area contributed by atoms with Crippen molar-refractivity contribution in [2.75, 3.05) is 11.1 Å². The van der Waals surface area contributed by atoms with E-state index in [1.165, 1.54) is 0 Å². The van der Waals surface area contributed by atoms with Gasteiger partial charge in [-0.1, -0.05) is 24.9 Å². The molecule has 3 N–H and O–H groups in total. The van der Waals surface area contributed by atoms with Crippen molar-refractivity contribution in [3.8, 4) is 0 Å². The van der Waals surface area contributed by atoms with E-state index >= 15 is 0 Å². The fourth-order valence-electron chi connectivity index (χ4n) is 2.51. The average Bonchev–Trinajstić information content (AvgIpc) is 2.54. The third-order valence-electron chi connectivity index (χ3n) is 3.70. The standard InChI is InChI=1S/C16H19ClF3N3O2S/c1-2-3-10-7-13(24)23-15(21-10)26-8-14(25)22-12-6-9(16(18,19)20)4-5-11(12)17/h4-6,10,15,21H,2-3,7-8H2,1H3,(H,22,25)(H,23,24). The lowest BCUT2D eigenvalue weighted by atomic mass is 10.1. The van der Waals surface area contributed by atoms with Gasteiger partial charge in [-0.25, -0.2) is 0 Å². The predicted octanol–water partition coefficient (Wildman–Crippen LogP) is 3.59. The number of anilines is 1. The number of thioether (sulfide) groups is 1. The Bertz CT molecular complexity index is 673. The first-order valence-corrected chi connectivity index (χ1v) is 9.45. The van der Waals surface area contributed by atoms with Crippen molar-refractivity contribution in [1.82, 2.24) is 10.6 Å². The Labute approximate surface area is 158 Å². The molecule has 0 aliphatic carbocycles. The maximum absolute atomic E-state index is 12.8. The van der Waals surface area contributed by atoms with E-state index < -0.39 is 23.1 Å². The average molecular weight is 410 g/mol. The number of nitrogens with one attached hydrogen (secondary N) is 3. The van der Waals surface area contributed by atoms with E-state index in [2.05, 4.69) is 16.0 Å². The summed E-state index contributed by atoms with van der Waals surface area (Å²) in [7, 11) is 0. The van der Waals surface area contributed by atoms with Crippen LogP contribution in [0.25, 0.3) is 0 Å². The molecule has 0 bridgehead atoms. The van der Waals surface area contributed by atoms with Crippen LogP contribution in [0.15, 0.2) is 18.2 Å². The second kappa shape index (κ2) is 8.96. The molecule has 1 aliphatic heterocycles. The molecule has 5 nitrogen and oxygen atoms in total. The van der Waals surface area contributed by atoms with Gasteiger partial charge in [-0.2, -0.15) is 13.2 Å². The molecule has 2 atom stereocenters. The number of hydrogen-bond acceptors (Lipinski definition) is 4. The monoisotopic (exact) mass is 409 g/mol. The summed E-state index contributed by atoms with van der Waals surface area (Å²) in [5, 5.41) is 8.34. The van der Waals surface area contributed by atoms with Crippen LogP contribution in [0, 0.1) is 0 Å². The Hall–Kier alpha value is -1.45. The highest BCUT2D eigenvalue weighted by Crippen LogP contribution is 2.33. The Balaban J connectivity index is 1.92. The minimum absolute atomic E-state index is 0.0171. The third-order valence-corrected chi connectivity index (χ3v) is 5.04. The van der Waals surface area contributed by atoms with Gasteiger partial charge in [0.1, 0.15) is 5.50 Å². The zero-order valence-electron chi connectivity index (χ0n) is 14.0. The van der Waals surface area contributed by atoms with Crippen LogP contribution in [0.5, 0.6) is 0 Å². The molecule has 1 saturated heterocycles. The quantitative estimate of drug-likeness (QED) is 0.671. The van der Waals surface area contributed by atoms with Crippen molar-refractivity contribution in [1.29, 1.82) is 0 Å². The lowest BCUT2D eigenvalue weighted by molar-refractivity contribution is -0.137. The zero-order valence-corrected chi connectivity index (χ0v) is 15.5. The summed E-state index contributed by atoms with van der Waals surface area (Å²) < 4.78 is 38.3. The molecule has 1 heterocycles. The van der Waals surface area contributed by atoms with Crippen molar-refractivity contribution < 1.29 is 22.8 Å². The molecular formula is C16H19ClF3N3O2S. The molecule has 2 rings (SSSR count). The second-order valence-electron chi connectivity index (χ2n) is 5.86. The number of amides is 2. The highest BCUT2D eigenvalue weighted by Gasteiger charge is 2.31. The first kappa shape index (κ1) is 20.9. The van der Waals surface area contributed by atoms with E-state index in [0.717, 1.165) is 42.8 Å². The van der Waals surface area contributed by atoms with Gasteiger partial charge in [-0.3, -0.25) is 14.9 Å². The Kier molecular flexibility index (Phi) is 7.19. The summed E-state index contributed by atoms with van der Waals surface area (Å²) in [6.07, 6.45) is -2.37. The number of carbonyl (C=O) groups is 2. The Morgan fingerprint density at radius 3 is 2.81 bits per heavy atom. The van der Waals surface area contributed by atoms with Crippen LogP contribution in [0.4, 0.5) is 18.9 Å². The van der Waals surface area contributed by atoms with Crippen molar-refractivity contribution >= 4 is 40.9 Å². The van der Waals surface area contributed by atoms with Gasteiger partial charge in [0, 0.05) is 12.5 Å². The number of benzene rings is 1. The SMILES string of the molecule is CCCC1CC(=O)NC(SCC(=O)Nc2cc(C(F)(F)F)ccc2Cl)N1. The van der Waals surface area contributed by atoms with Gasteiger partial charge in [0.25, 0.3) is 0 Å². The van der Waals surface area contributed by atoms with Crippen molar-refractivity contribution in [3.05, 3.63) is 28.8 Å². The topological polar surface area (TPSA) is 70.2 Å². The van der Waals surface area contributed by atoms with Crippen LogP contribution in [-0.2, 0) is 15.8 Å². The summed E-state index contributed by atoms with van der Waals surface area (Å²) in [5.74, 6) is -0.658. The highest BCUT2D eigenvalue weighted by atomic mass is 35.5. The highest BCUT2D eigenvalue weighted by molar-refractivity contribution is 8.00. The van der Waals surface area contributed by atoms with Gasteiger partial charge in [0.05, 0.1) is 22.0 Å². The maximum atomic E-state index is 12.8. The smallest absolute Gasteiger partial charge is 0.332 e. The predicted molar refractivity (Wildman–Crippen MR) is 95.9 cm³/mol. The van der Waals surface area contributed by atoms with Gasteiger partial charge in [0.15, 0.2) is 0 Å². The Morgan fingerprint density at radius 2 is 2.15 bits per heavy atom. The summed E-state index contributed by atoms with van der Waals surface area (Å²) in [4.78, 5) is 23.7. The van der Waals surface area contributed by atoms with Gasteiger partial charge in [-0.05, 0) is 24.6 Å². The number of rotatable bonds is 6. The second-order valence-corrected chi connectivity index (χ2v) is 7.36. The molecule has 0 aromatic heterocycles. The van der Waals surface area contributed by atoms with Gasteiger partial charge in [0.2, 0.25) is 11.8 Å². The molecule has 0 spiro atoms. The number of hydrogen-bond donors (Lipinski definition) is 3. The van der Waals surface area contributed by atoms with Gasteiger partial charge >= 0.3 is 6.18 Å². The number of carbonyl (C=O) groups excluding carboxylic acids is 2. The number of alkyl halides is 3. The first-order valence-electron chi connectivity index (χ1n) is 8.02. The summed E-state index contributed by atoms with van der Waals surface area (Å²) in [6.45, 7) is 2.02. The zero-order chi connectivity index (χ0) is 19.3. The molecule has 0 radical (unpaired) electrons. The third kappa shape index (κ3) is 6.07. The molecule has 2 amide bonds. The molecule has 1 aromatic carbocycles. The van der Waals surface area contributed by atoms with Crippen molar-refractivity contribution in [3.63, 3.8) is 0 Å². The van der Waals surface area contributed by atoms with Crippen molar-refractivity contribution in [2.45, 2.75) is 43.9 Å². The van der Waals surface area contributed by atoms with E-state index in [4.69, 9.17) is 11.6 Å². The molecule has 1 aromatic rings. The fourth-order valence-corrected chi connectivity index (χ4v) is 3.57. The van der Waals surface area contributed by atoms with Crippen LogP contribution in [0.1, 0.15) is 31.7 Å².